The zero-order valence-electron chi connectivity index (χ0n) is 20.0. The Hall–Kier alpha value is -2.90. The number of amides is 2. The molecule has 0 bridgehead atoms. The van der Waals surface area contributed by atoms with E-state index < -0.39 is 22.9 Å². The van der Waals surface area contributed by atoms with Gasteiger partial charge in [0.15, 0.2) is 0 Å². The number of halogens is 4. The molecule has 2 aromatic carbocycles. The molecule has 0 spiro atoms. The number of rotatable bonds is 6. The molecule has 0 saturated carbocycles. The quantitative estimate of drug-likeness (QED) is 0.428. The van der Waals surface area contributed by atoms with Crippen LogP contribution in [-0.4, -0.2) is 80.7 Å². The van der Waals surface area contributed by atoms with E-state index in [1.807, 2.05) is 4.90 Å². The maximum atomic E-state index is 13.9. The molecule has 5 rings (SSSR count). The number of alkyl halides is 3. The summed E-state index contributed by atoms with van der Waals surface area (Å²) in [7, 11) is 0. The third-order valence-electron chi connectivity index (χ3n) is 6.60. The van der Waals surface area contributed by atoms with Crippen LogP contribution in [0, 0.1) is 0 Å². The number of nitrogens with zero attached hydrogens (tertiary/aromatic N) is 4. The number of aliphatic hydroxyl groups excluding tert-OH is 1. The lowest BCUT2D eigenvalue weighted by molar-refractivity contribution is -0.138. The number of carbonyl (C=O) groups is 2. The second kappa shape index (κ2) is 10.7. The molecule has 2 N–H and O–H groups in total. The topological polar surface area (TPSA) is 92.8 Å². The number of β-amino-alcohol motifs (C(OH)–C–C–N with tert-alkyl or cyclic N) is 1. The molecule has 1 aromatic heterocycles. The zero-order chi connectivity index (χ0) is 27.0. The smallest absolute Gasteiger partial charge is 0.395 e. The molecule has 0 unspecified atom stereocenters. The number of thioether (sulfide) groups is 1. The highest BCUT2D eigenvalue weighted by atomic mass is 35.5. The van der Waals surface area contributed by atoms with Gasteiger partial charge in [0.2, 0.25) is 0 Å². The van der Waals surface area contributed by atoms with Crippen molar-refractivity contribution in [3.8, 4) is 0 Å². The van der Waals surface area contributed by atoms with Crippen molar-refractivity contribution in [2.45, 2.75) is 12.6 Å². The van der Waals surface area contributed by atoms with E-state index in [1.165, 1.54) is 12.1 Å². The lowest BCUT2D eigenvalue weighted by Gasteiger charge is -2.37. The normalized spacial score (nSPS) is 19.1. The summed E-state index contributed by atoms with van der Waals surface area (Å²) >= 11 is 6.60. The fraction of sp³-hybridized carbons (Fsp3) is 0.320. The molecule has 2 aliphatic heterocycles. The highest BCUT2D eigenvalue weighted by Crippen LogP contribution is 2.42. The Kier molecular flexibility index (Phi) is 7.51. The van der Waals surface area contributed by atoms with E-state index in [-0.39, 0.29) is 28.5 Å². The molecule has 0 atom stereocenters. The number of hydrogen-bond donors (Lipinski definition) is 2. The minimum atomic E-state index is -4.66. The predicted molar refractivity (Wildman–Crippen MR) is 138 cm³/mol. The Labute approximate surface area is 225 Å². The van der Waals surface area contributed by atoms with Crippen molar-refractivity contribution >= 4 is 51.0 Å². The molecule has 38 heavy (non-hydrogen) atoms. The minimum absolute atomic E-state index is 0.0132. The van der Waals surface area contributed by atoms with Crippen molar-refractivity contribution < 1.29 is 27.9 Å². The number of hydrazine groups is 1. The minimum Gasteiger partial charge on any atom is -0.395 e. The second-order valence-corrected chi connectivity index (χ2v) is 10.4. The van der Waals surface area contributed by atoms with Crippen LogP contribution in [0.3, 0.4) is 0 Å². The van der Waals surface area contributed by atoms with Crippen LogP contribution >= 0.6 is 23.4 Å². The van der Waals surface area contributed by atoms with Gasteiger partial charge in [-0.1, -0.05) is 23.7 Å². The van der Waals surface area contributed by atoms with Crippen molar-refractivity contribution in [2.75, 3.05) is 39.3 Å². The molecule has 0 aliphatic carbocycles. The largest absolute Gasteiger partial charge is 0.416 e. The van der Waals surface area contributed by atoms with E-state index in [9.17, 15) is 27.9 Å². The molecule has 2 fully saturated rings. The summed E-state index contributed by atoms with van der Waals surface area (Å²) in [6.45, 7) is 2.43. The molecule has 200 valence electrons. The summed E-state index contributed by atoms with van der Waals surface area (Å²) in [4.78, 5) is 28.8. The highest BCUT2D eigenvalue weighted by Gasteiger charge is 2.42. The molecule has 3 heterocycles. The summed E-state index contributed by atoms with van der Waals surface area (Å²) in [6.07, 6.45) is -3.32. The van der Waals surface area contributed by atoms with Crippen molar-refractivity contribution in [3.05, 3.63) is 69.2 Å². The third-order valence-corrected chi connectivity index (χ3v) is 7.81. The fourth-order valence-corrected chi connectivity index (χ4v) is 5.81. The number of imide groups is 1. The van der Waals surface area contributed by atoms with Gasteiger partial charge in [-0.3, -0.25) is 19.6 Å². The summed E-state index contributed by atoms with van der Waals surface area (Å²) < 4.78 is 41.7. The number of H-pyrrole nitrogens is 1. The second-order valence-electron chi connectivity index (χ2n) is 8.96. The molecule has 8 nitrogen and oxygen atoms in total. The monoisotopic (exact) mass is 565 g/mol. The number of hydrogen-bond acceptors (Lipinski definition) is 7. The van der Waals surface area contributed by atoms with Crippen LogP contribution in [0.4, 0.5) is 18.0 Å². The van der Waals surface area contributed by atoms with Crippen LogP contribution in [0.1, 0.15) is 16.7 Å². The van der Waals surface area contributed by atoms with Crippen LogP contribution in [-0.2, 0) is 17.4 Å². The number of aromatic nitrogens is 2. The SMILES string of the molecule is O=C1S/C(=C(/Cc2ccc(Cl)cc2C(F)(F)F)c2ccc3[nH]ncc3c2)C(=O)N1N1CCN(CCO)CC1. The molecular formula is C25H23ClF3N5O3S. The van der Waals surface area contributed by atoms with E-state index in [0.717, 1.165) is 28.4 Å². The first kappa shape index (κ1) is 26.7. The van der Waals surface area contributed by atoms with Crippen LogP contribution in [0.15, 0.2) is 47.5 Å². The molecular weight excluding hydrogens is 543 g/mol. The Balaban J connectivity index is 1.56. The first-order valence-corrected chi connectivity index (χ1v) is 13.0. The van der Waals surface area contributed by atoms with Gasteiger partial charge in [0.25, 0.3) is 5.91 Å². The Morgan fingerprint density at radius 1 is 1.11 bits per heavy atom. The number of aliphatic hydroxyl groups is 1. The van der Waals surface area contributed by atoms with Crippen molar-refractivity contribution in [1.29, 1.82) is 0 Å². The van der Waals surface area contributed by atoms with E-state index in [0.29, 0.717) is 49.2 Å². The number of piperazine rings is 1. The Morgan fingerprint density at radius 3 is 2.58 bits per heavy atom. The third kappa shape index (κ3) is 5.32. The summed E-state index contributed by atoms with van der Waals surface area (Å²) in [5, 5.41) is 18.9. The van der Waals surface area contributed by atoms with Crippen LogP contribution in [0.2, 0.25) is 5.02 Å². The van der Waals surface area contributed by atoms with Crippen LogP contribution in [0.25, 0.3) is 16.5 Å². The molecule has 0 radical (unpaired) electrons. The highest BCUT2D eigenvalue weighted by molar-refractivity contribution is 8.18. The van der Waals surface area contributed by atoms with Gasteiger partial charge in [0.05, 0.1) is 28.8 Å². The van der Waals surface area contributed by atoms with Crippen LogP contribution < -0.4 is 0 Å². The summed E-state index contributed by atoms with van der Waals surface area (Å²) in [6, 6.07) is 8.70. The number of fused-ring (bicyclic) bond motifs is 1. The maximum Gasteiger partial charge on any atom is 0.416 e. The van der Waals surface area contributed by atoms with Gasteiger partial charge in [-0.2, -0.15) is 23.3 Å². The van der Waals surface area contributed by atoms with Gasteiger partial charge < -0.3 is 5.11 Å². The van der Waals surface area contributed by atoms with E-state index in [4.69, 9.17) is 11.6 Å². The van der Waals surface area contributed by atoms with Crippen LogP contribution in [0.5, 0.6) is 0 Å². The average molecular weight is 566 g/mol. The van der Waals surface area contributed by atoms with Crippen molar-refractivity contribution in [3.63, 3.8) is 0 Å². The number of nitrogens with one attached hydrogen (secondary N) is 1. The number of aromatic amines is 1. The number of allylic oxidation sites excluding steroid dienone is 1. The van der Waals surface area contributed by atoms with Gasteiger partial charge in [-0.05, 0) is 59.1 Å². The van der Waals surface area contributed by atoms with Gasteiger partial charge in [-0.25, -0.2) is 5.01 Å². The van der Waals surface area contributed by atoms with Gasteiger partial charge >= 0.3 is 11.4 Å². The maximum absolute atomic E-state index is 13.9. The average Bonchev–Trinajstić information content (AvgIpc) is 3.46. The lowest BCUT2D eigenvalue weighted by Crippen LogP contribution is -2.55. The van der Waals surface area contributed by atoms with Gasteiger partial charge in [0.1, 0.15) is 0 Å². The Morgan fingerprint density at radius 2 is 1.87 bits per heavy atom. The molecule has 2 amide bonds. The lowest BCUT2D eigenvalue weighted by atomic mass is 9.93. The first-order valence-electron chi connectivity index (χ1n) is 11.8. The van der Waals surface area contributed by atoms with Gasteiger partial charge in [-0.15, -0.1) is 0 Å². The van der Waals surface area contributed by atoms with E-state index >= 15 is 0 Å². The molecule has 2 aliphatic rings. The predicted octanol–water partition coefficient (Wildman–Crippen LogP) is 4.41. The van der Waals surface area contributed by atoms with E-state index in [1.54, 1.807) is 29.4 Å². The molecule has 3 aromatic rings. The van der Waals surface area contributed by atoms with Crippen molar-refractivity contribution in [1.82, 2.24) is 25.1 Å². The molecule has 13 heteroatoms. The number of carbonyl (C=O) groups excluding carboxylic acids is 2. The zero-order valence-corrected chi connectivity index (χ0v) is 21.5. The van der Waals surface area contributed by atoms with E-state index in [2.05, 4.69) is 10.2 Å². The Bertz CT molecular complexity index is 1420. The first-order chi connectivity index (χ1) is 18.2. The number of benzene rings is 2. The van der Waals surface area contributed by atoms with Crippen molar-refractivity contribution in [2.24, 2.45) is 0 Å². The van der Waals surface area contributed by atoms with Gasteiger partial charge in [0, 0.05) is 43.1 Å². The molecule has 2 saturated heterocycles. The fourth-order valence-electron chi connectivity index (χ4n) is 4.69. The standard InChI is InChI=1S/C25H23ClF3N5O3S/c26-18-3-1-16(20(13-18)25(27,28)29)12-19(15-2-4-21-17(11-15)14-30-31-21)22-23(36)34(24(37)38-22)33-7-5-32(6-8-33)9-10-35/h1-4,11,13-14,35H,5-10,12H2,(H,30,31)/b22-19-. The summed E-state index contributed by atoms with van der Waals surface area (Å²) in [5.41, 5.74) is 0.593. The summed E-state index contributed by atoms with van der Waals surface area (Å²) in [5.74, 6) is -0.569.